The monoisotopic (exact) mass is 306 g/mol. The molecule has 0 aliphatic carbocycles. The van der Waals surface area contributed by atoms with Gasteiger partial charge >= 0.3 is 5.97 Å². The Labute approximate surface area is 127 Å². The second kappa shape index (κ2) is 7.75. The predicted octanol–water partition coefficient (Wildman–Crippen LogP) is 2.63. The molecule has 0 fully saturated rings. The van der Waals surface area contributed by atoms with Crippen molar-refractivity contribution in [2.75, 3.05) is 13.6 Å². The summed E-state index contributed by atoms with van der Waals surface area (Å²) in [5.74, 6) is 0.0462. The number of ether oxygens (including phenoxy) is 1. The van der Waals surface area contributed by atoms with Gasteiger partial charge in [-0.15, -0.1) is 11.3 Å². The molecular formula is C15H18N2O3S. The number of carboxylic acids is 1. The normalized spacial score (nSPS) is 10.8. The molecule has 0 saturated carbocycles. The Morgan fingerprint density at radius 2 is 2.14 bits per heavy atom. The van der Waals surface area contributed by atoms with E-state index in [4.69, 9.17) is 9.84 Å². The predicted molar refractivity (Wildman–Crippen MR) is 81.5 cm³/mol. The third-order valence-corrected chi connectivity index (χ3v) is 3.72. The van der Waals surface area contributed by atoms with E-state index in [1.807, 2.05) is 47.7 Å². The maximum atomic E-state index is 10.5. The molecule has 112 valence electrons. The first kappa shape index (κ1) is 15.5. The molecule has 1 aromatic carbocycles. The summed E-state index contributed by atoms with van der Waals surface area (Å²) in [6, 6.07) is 9.63. The molecule has 1 aromatic heterocycles. The molecule has 1 N–H and O–H groups in total. The van der Waals surface area contributed by atoms with Crippen LogP contribution in [0.25, 0.3) is 0 Å². The standard InChI is InChI=1S/C15H18N2O3S/c1-17(8-7-15(18)19)9-12-11-21-14(16-12)10-20-13-5-3-2-4-6-13/h2-6,11H,7-10H2,1H3,(H,18,19). The van der Waals surface area contributed by atoms with Crippen LogP contribution >= 0.6 is 11.3 Å². The minimum Gasteiger partial charge on any atom is -0.486 e. The Balaban J connectivity index is 1.79. The van der Waals surface area contributed by atoms with Crippen LogP contribution in [-0.2, 0) is 17.9 Å². The number of hydrogen-bond donors (Lipinski definition) is 1. The molecule has 0 aliphatic rings. The first-order valence-electron chi connectivity index (χ1n) is 6.65. The van der Waals surface area contributed by atoms with E-state index in [9.17, 15) is 4.79 Å². The molecule has 5 nitrogen and oxygen atoms in total. The number of rotatable bonds is 8. The van der Waals surface area contributed by atoms with Crippen molar-refractivity contribution in [2.45, 2.75) is 19.6 Å². The molecular weight excluding hydrogens is 288 g/mol. The number of aliphatic carboxylic acids is 1. The van der Waals surface area contributed by atoms with Crippen LogP contribution < -0.4 is 4.74 Å². The summed E-state index contributed by atoms with van der Waals surface area (Å²) in [5.41, 5.74) is 0.944. The molecule has 21 heavy (non-hydrogen) atoms. The Kier molecular flexibility index (Phi) is 5.71. The molecule has 0 amide bonds. The number of para-hydroxylation sites is 1. The number of carboxylic acid groups (broad SMARTS) is 1. The summed E-state index contributed by atoms with van der Waals surface area (Å²) in [7, 11) is 1.89. The fraction of sp³-hybridized carbons (Fsp3) is 0.333. The van der Waals surface area contributed by atoms with Crippen LogP contribution in [-0.4, -0.2) is 34.6 Å². The molecule has 0 atom stereocenters. The third kappa shape index (κ3) is 5.53. The van der Waals surface area contributed by atoms with E-state index >= 15 is 0 Å². The van der Waals surface area contributed by atoms with Gasteiger partial charge in [0.05, 0.1) is 12.1 Å². The van der Waals surface area contributed by atoms with Crippen LogP contribution in [0.1, 0.15) is 17.1 Å². The average molecular weight is 306 g/mol. The molecule has 0 spiro atoms. The van der Waals surface area contributed by atoms with Crippen molar-refractivity contribution < 1.29 is 14.6 Å². The summed E-state index contributed by atoms with van der Waals surface area (Å²) in [6.07, 6.45) is 0.143. The van der Waals surface area contributed by atoms with Crippen molar-refractivity contribution in [2.24, 2.45) is 0 Å². The van der Waals surface area contributed by atoms with Crippen molar-refractivity contribution in [1.82, 2.24) is 9.88 Å². The van der Waals surface area contributed by atoms with E-state index in [1.165, 1.54) is 0 Å². The maximum absolute atomic E-state index is 10.5. The molecule has 6 heteroatoms. The van der Waals surface area contributed by atoms with E-state index in [2.05, 4.69) is 4.98 Å². The zero-order chi connectivity index (χ0) is 15.1. The van der Waals surface area contributed by atoms with Crippen LogP contribution in [0.2, 0.25) is 0 Å². The SMILES string of the molecule is CN(CCC(=O)O)Cc1csc(COc2ccccc2)n1. The van der Waals surface area contributed by atoms with E-state index in [-0.39, 0.29) is 6.42 Å². The van der Waals surface area contributed by atoms with Gasteiger partial charge in [-0.3, -0.25) is 9.69 Å². The van der Waals surface area contributed by atoms with Gasteiger partial charge in [-0.05, 0) is 19.2 Å². The molecule has 0 bridgehead atoms. The lowest BCUT2D eigenvalue weighted by Gasteiger charge is -2.13. The van der Waals surface area contributed by atoms with Crippen LogP contribution in [0, 0.1) is 0 Å². The number of hydrogen-bond acceptors (Lipinski definition) is 5. The highest BCUT2D eigenvalue weighted by atomic mass is 32.1. The molecule has 0 radical (unpaired) electrons. The lowest BCUT2D eigenvalue weighted by molar-refractivity contribution is -0.137. The highest BCUT2D eigenvalue weighted by molar-refractivity contribution is 7.09. The first-order valence-corrected chi connectivity index (χ1v) is 7.53. The quantitative estimate of drug-likeness (QED) is 0.812. The Bertz CT molecular complexity index is 571. The van der Waals surface area contributed by atoms with Crippen molar-refractivity contribution in [3.63, 3.8) is 0 Å². The zero-order valence-corrected chi connectivity index (χ0v) is 12.7. The second-order valence-electron chi connectivity index (χ2n) is 4.72. The fourth-order valence-electron chi connectivity index (χ4n) is 1.79. The van der Waals surface area contributed by atoms with Crippen LogP contribution in [0.3, 0.4) is 0 Å². The number of benzene rings is 1. The summed E-state index contributed by atoms with van der Waals surface area (Å²) in [5, 5.41) is 11.6. The van der Waals surface area contributed by atoms with Crippen LogP contribution in [0.15, 0.2) is 35.7 Å². The smallest absolute Gasteiger partial charge is 0.304 e. The first-order chi connectivity index (χ1) is 10.1. The fourth-order valence-corrected chi connectivity index (χ4v) is 2.49. The maximum Gasteiger partial charge on any atom is 0.304 e. The van der Waals surface area contributed by atoms with Gasteiger partial charge in [0.15, 0.2) is 0 Å². The highest BCUT2D eigenvalue weighted by Gasteiger charge is 2.07. The largest absolute Gasteiger partial charge is 0.486 e. The molecule has 0 unspecified atom stereocenters. The zero-order valence-electron chi connectivity index (χ0n) is 11.9. The van der Waals surface area contributed by atoms with E-state index in [0.29, 0.717) is 19.7 Å². The van der Waals surface area contributed by atoms with Gasteiger partial charge in [0.2, 0.25) is 0 Å². The van der Waals surface area contributed by atoms with Crippen molar-refractivity contribution >= 4 is 17.3 Å². The number of aromatic nitrogens is 1. The van der Waals surface area contributed by atoms with Gasteiger partial charge in [-0.1, -0.05) is 18.2 Å². The van der Waals surface area contributed by atoms with Gasteiger partial charge in [0, 0.05) is 18.5 Å². The Morgan fingerprint density at radius 3 is 2.86 bits per heavy atom. The minimum absolute atomic E-state index is 0.143. The molecule has 2 aromatic rings. The Hall–Kier alpha value is -1.92. The summed E-state index contributed by atoms with van der Waals surface area (Å²) >= 11 is 1.56. The van der Waals surface area contributed by atoms with Crippen LogP contribution in [0.4, 0.5) is 0 Å². The van der Waals surface area contributed by atoms with E-state index < -0.39 is 5.97 Å². The third-order valence-electron chi connectivity index (χ3n) is 2.84. The van der Waals surface area contributed by atoms with Crippen molar-refractivity contribution in [3.8, 4) is 5.75 Å². The lowest BCUT2D eigenvalue weighted by Crippen LogP contribution is -2.21. The summed E-state index contributed by atoms with van der Waals surface area (Å²) in [4.78, 5) is 17.0. The lowest BCUT2D eigenvalue weighted by atomic mass is 10.3. The molecule has 0 saturated heterocycles. The van der Waals surface area contributed by atoms with Crippen molar-refractivity contribution in [3.05, 3.63) is 46.4 Å². The molecule has 2 rings (SSSR count). The second-order valence-corrected chi connectivity index (χ2v) is 5.66. The van der Waals surface area contributed by atoms with E-state index in [0.717, 1.165) is 16.5 Å². The van der Waals surface area contributed by atoms with Gasteiger partial charge in [0.25, 0.3) is 0 Å². The highest BCUT2D eigenvalue weighted by Crippen LogP contribution is 2.15. The van der Waals surface area contributed by atoms with Gasteiger partial charge in [-0.25, -0.2) is 4.98 Å². The van der Waals surface area contributed by atoms with E-state index in [1.54, 1.807) is 11.3 Å². The number of nitrogens with zero attached hydrogens (tertiary/aromatic N) is 2. The molecule has 1 heterocycles. The number of carbonyl (C=O) groups is 1. The van der Waals surface area contributed by atoms with Crippen molar-refractivity contribution in [1.29, 1.82) is 0 Å². The van der Waals surface area contributed by atoms with Gasteiger partial charge in [-0.2, -0.15) is 0 Å². The van der Waals surface area contributed by atoms with Gasteiger partial charge < -0.3 is 9.84 Å². The summed E-state index contributed by atoms with van der Waals surface area (Å²) in [6.45, 7) is 1.62. The Morgan fingerprint density at radius 1 is 1.38 bits per heavy atom. The average Bonchev–Trinajstić information content (AvgIpc) is 2.91. The van der Waals surface area contributed by atoms with Crippen LogP contribution in [0.5, 0.6) is 5.75 Å². The summed E-state index contributed by atoms with van der Waals surface area (Å²) < 4.78 is 5.65. The topological polar surface area (TPSA) is 62.7 Å². The number of thiazole rings is 1. The molecule has 0 aliphatic heterocycles. The van der Waals surface area contributed by atoms with Gasteiger partial charge in [0.1, 0.15) is 17.4 Å². The minimum atomic E-state index is -0.780.